The molecule has 102 valence electrons. The van der Waals surface area contributed by atoms with E-state index in [4.69, 9.17) is 5.11 Å². The minimum Gasteiger partial charge on any atom is -0.481 e. The number of carbonyl (C=O) groups excluding carboxylic acids is 1. The summed E-state index contributed by atoms with van der Waals surface area (Å²) in [5.74, 6) is -0.867. The highest BCUT2D eigenvalue weighted by molar-refractivity contribution is 5.77. The molecule has 0 radical (unpaired) electrons. The Bertz CT molecular complexity index is 356. The van der Waals surface area contributed by atoms with E-state index in [-0.39, 0.29) is 18.5 Å². The number of β-amino-alcohol motifs (C(OH)–C–C–N with tert-alkyl or cyclic N) is 1. The summed E-state index contributed by atoms with van der Waals surface area (Å²) in [5, 5.41) is 18.7. The number of amides is 2. The quantitative estimate of drug-likeness (QED) is 0.754. The monoisotopic (exact) mass is 256 g/mol. The maximum atomic E-state index is 12.3. The topological polar surface area (TPSA) is 81.1 Å². The Kier molecular flexibility index (Phi) is 3.47. The zero-order chi connectivity index (χ0) is 13.3. The van der Waals surface area contributed by atoms with Crippen LogP contribution in [0.15, 0.2) is 0 Å². The van der Waals surface area contributed by atoms with Gasteiger partial charge in [0.2, 0.25) is 0 Å². The highest BCUT2D eigenvalue weighted by Crippen LogP contribution is 2.26. The molecule has 2 heterocycles. The first-order valence-electron chi connectivity index (χ1n) is 6.39. The van der Waals surface area contributed by atoms with Gasteiger partial charge in [-0.15, -0.1) is 0 Å². The van der Waals surface area contributed by atoms with Gasteiger partial charge < -0.3 is 20.0 Å². The fraction of sp³-hybridized carbons (Fsp3) is 0.833. The molecule has 0 aromatic carbocycles. The van der Waals surface area contributed by atoms with Crippen LogP contribution in [0.4, 0.5) is 4.79 Å². The molecule has 2 atom stereocenters. The smallest absolute Gasteiger partial charge is 0.320 e. The molecule has 2 aliphatic rings. The van der Waals surface area contributed by atoms with Crippen molar-refractivity contribution in [3.8, 4) is 0 Å². The Morgan fingerprint density at radius 1 is 1.39 bits per heavy atom. The van der Waals surface area contributed by atoms with Gasteiger partial charge >= 0.3 is 12.0 Å². The van der Waals surface area contributed by atoms with E-state index in [1.807, 2.05) is 0 Å². The van der Waals surface area contributed by atoms with Crippen molar-refractivity contribution >= 4 is 12.0 Å². The van der Waals surface area contributed by atoms with Crippen molar-refractivity contribution in [1.29, 1.82) is 0 Å². The van der Waals surface area contributed by atoms with Crippen LogP contribution in [0.3, 0.4) is 0 Å². The summed E-state index contributed by atoms with van der Waals surface area (Å²) in [5.41, 5.74) is -0.808. The van der Waals surface area contributed by atoms with E-state index in [2.05, 4.69) is 0 Å². The Hall–Kier alpha value is -1.30. The zero-order valence-electron chi connectivity index (χ0n) is 10.6. The number of rotatable bonds is 2. The van der Waals surface area contributed by atoms with Gasteiger partial charge in [-0.05, 0) is 26.2 Å². The lowest BCUT2D eigenvalue weighted by atomic mass is 10.1. The third-order valence-electron chi connectivity index (χ3n) is 3.76. The fourth-order valence-electron chi connectivity index (χ4n) is 2.79. The highest BCUT2D eigenvalue weighted by Gasteiger charge is 2.39. The second kappa shape index (κ2) is 4.76. The standard InChI is InChI=1S/C12H20N2O4/c1-12(18)4-6-13(8-12)11(17)14-5-2-3-9(14)7-10(15)16/h9,18H,2-8H2,1H3,(H,15,16). The molecule has 18 heavy (non-hydrogen) atoms. The van der Waals surface area contributed by atoms with Crippen LogP contribution in [-0.4, -0.2) is 63.3 Å². The van der Waals surface area contributed by atoms with Crippen LogP contribution < -0.4 is 0 Å². The number of aliphatic carboxylic acids is 1. The highest BCUT2D eigenvalue weighted by atomic mass is 16.4. The average Bonchev–Trinajstić information content (AvgIpc) is 2.83. The molecule has 2 aliphatic heterocycles. The molecular formula is C12H20N2O4. The molecular weight excluding hydrogens is 236 g/mol. The summed E-state index contributed by atoms with van der Waals surface area (Å²) in [7, 11) is 0. The van der Waals surface area contributed by atoms with Gasteiger partial charge in [0.25, 0.3) is 0 Å². The third kappa shape index (κ3) is 2.75. The van der Waals surface area contributed by atoms with Gasteiger partial charge in [-0.25, -0.2) is 4.79 Å². The Morgan fingerprint density at radius 3 is 2.67 bits per heavy atom. The number of carboxylic acids is 1. The van der Waals surface area contributed by atoms with Crippen molar-refractivity contribution in [1.82, 2.24) is 9.80 Å². The predicted molar refractivity (Wildman–Crippen MR) is 64.2 cm³/mol. The molecule has 2 saturated heterocycles. The molecule has 0 aromatic rings. The summed E-state index contributed by atoms with van der Waals surface area (Å²) in [6.07, 6.45) is 2.20. The number of carboxylic acid groups (broad SMARTS) is 1. The lowest BCUT2D eigenvalue weighted by Gasteiger charge is -2.29. The number of hydrogen-bond donors (Lipinski definition) is 2. The molecule has 0 spiro atoms. The summed E-state index contributed by atoms with van der Waals surface area (Å²) in [6.45, 7) is 3.22. The predicted octanol–water partition coefficient (Wildman–Crippen LogP) is 0.502. The normalized spacial score (nSPS) is 32.0. The van der Waals surface area contributed by atoms with Crippen LogP contribution >= 0.6 is 0 Å². The minimum atomic E-state index is -0.867. The van der Waals surface area contributed by atoms with Gasteiger partial charge in [-0.1, -0.05) is 0 Å². The van der Waals surface area contributed by atoms with Crippen molar-refractivity contribution in [2.45, 2.75) is 44.2 Å². The van der Waals surface area contributed by atoms with E-state index in [0.717, 1.165) is 12.8 Å². The SMILES string of the molecule is CC1(O)CCN(C(=O)N2CCCC2CC(=O)O)C1. The lowest BCUT2D eigenvalue weighted by Crippen LogP contribution is -2.46. The molecule has 2 unspecified atom stereocenters. The molecule has 0 aromatic heterocycles. The second-order valence-electron chi connectivity index (χ2n) is 5.54. The maximum Gasteiger partial charge on any atom is 0.320 e. The number of likely N-dealkylation sites (tertiary alicyclic amines) is 2. The van der Waals surface area contributed by atoms with Gasteiger partial charge in [-0.3, -0.25) is 4.79 Å². The molecule has 0 bridgehead atoms. The third-order valence-corrected chi connectivity index (χ3v) is 3.76. The molecule has 2 fully saturated rings. The van der Waals surface area contributed by atoms with E-state index in [9.17, 15) is 14.7 Å². The van der Waals surface area contributed by atoms with Gasteiger partial charge in [-0.2, -0.15) is 0 Å². The van der Waals surface area contributed by atoms with Gasteiger partial charge in [0.1, 0.15) is 0 Å². The Balaban J connectivity index is 1.98. The van der Waals surface area contributed by atoms with E-state index in [1.165, 1.54) is 0 Å². The summed E-state index contributed by atoms with van der Waals surface area (Å²) >= 11 is 0. The lowest BCUT2D eigenvalue weighted by molar-refractivity contribution is -0.138. The second-order valence-corrected chi connectivity index (χ2v) is 5.54. The number of hydrogen-bond acceptors (Lipinski definition) is 3. The van der Waals surface area contributed by atoms with E-state index < -0.39 is 11.6 Å². The van der Waals surface area contributed by atoms with Crippen LogP contribution in [0, 0.1) is 0 Å². The first-order chi connectivity index (χ1) is 8.39. The average molecular weight is 256 g/mol. The molecule has 0 aliphatic carbocycles. The first-order valence-corrected chi connectivity index (χ1v) is 6.39. The van der Waals surface area contributed by atoms with Crippen LogP contribution in [0.5, 0.6) is 0 Å². The van der Waals surface area contributed by atoms with Crippen LogP contribution in [0.2, 0.25) is 0 Å². The van der Waals surface area contributed by atoms with Crippen LogP contribution in [0.1, 0.15) is 32.6 Å². The van der Waals surface area contributed by atoms with Gasteiger partial charge in [0.15, 0.2) is 0 Å². The number of aliphatic hydroxyl groups is 1. The number of urea groups is 1. The molecule has 0 saturated carbocycles. The minimum absolute atomic E-state index is 0.00989. The Labute approximate surface area is 106 Å². The number of carbonyl (C=O) groups is 2. The zero-order valence-corrected chi connectivity index (χ0v) is 10.6. The molecule has 6 nitrogen and oxygen atoms in total. The van der Waals surface area contributed by atoms with Crippen molar-refractivity contribution in [2.24, 2.45) is 0 Å². The van der Waals surface area contributed by atoms with E-state index in [1.54, 1.807) is 16.7 Å². The fourth-order valence-corrected chi connectivity index (χ4v) is 2.79. The van der Waals surface area contributed by atoms with Crippen LogP contribution in [0.25, 0.3) is 0 Å². The Morgan fingerprint density at radius 2 is 2.11 bits per heavy atom. The van der Waals surface area contributed by atoms with E-state index in [0.29, 0.717) is 26.1 Å². The van der Waals surface area contributed by atoms with Gasteiger partial charge in [0.05, 0.1) is 18.6 Å². The molecule has 2 N–H and O–H groups in total. The molecule has 2 amide bonds. The summed E-state index contributed by atoms with van der Waals surface area (Å²) in [4.78, 5) is 26.3. The van der Waals surface area contributed by atoms with Crippen molar-refractivity contribution in [2.75, 3.05) is 19.6 Å². The molecule has 6 heteroatoms. The van der Waals surface area contributed by atoms with Crippen molar-refractivity contribution in [3.63, 3.8) is 0 Å². The van der Waals surface area contributed by atoms with Gasteiger partial charge in [0, 0.05) is 19.1 Å². The molecule has 2 rings (SSSR count). The van der Waals surface area contributed by atoms with E-state index >= 15 is 0 Å². The van der Waals surface area contributed by atoms with Crippen LogP contribution in [-0.2, 0) is 4.79 Å². The summed E-state index contributed by atoms with van der Waals surface area (Å²) < 4.78 is 0. The summed E-state index contributed by atoms with van der Waals surface area (Å²) in [6, 6.07) is -0.322. The first kappa shape index (κ1) is 13.1. The largest absolute Gasteiger partial charge is 0.481 e. The van der Waals surface area contributed by atoms with Crippen molar-refractivity contribution < 1.29 is 19.8 Å². The van der Waals surface area contributed by atoms with Crippen molar-refractivity contribution in [3.05, 3.63) is 0 Å². The maximum absolute atomic E-state index is 12.3. The number of nitrogens with zero attached hydrogens (tertiary/aromatic N) is 2.